The summed E-state index contributed by atoms with van der Waals surface area (Å²) in [6.07, 6.45) is 2.30. The van der Waals surface area contributed by atoms with Crippen molar-refractivity contribution in [3.05, 3.63) is 35.4 Å². The summed E-state index contributed by atoms with van der Waals surface area (Å²) < 4.78 is 0. The molecule has 2 heterocycles. The van der Waals surface area contributed by atoms with Gasteiger partial charge in [0.2, 0.25) is 11.8 Å². The molecule has 1 aromatic carbocycles. The summed E-state index contributed by atoms with van der Waals surface area (Å²) in [5.41, 5.74) is 1.65. The molecule has 6 nitrogen and oxygen atoms in total. The van der Waals surface area contributed by atoms with E-state index in [-0.39, 0.29) is 17.7 Å². The van der Waals surface area contributed by atoms with Crippen LogP contribution in [0.15, 0.2) is 24.3 Å². The van der Waals surface area contributed by atoms with Crippen molar-refractivity contribution in [2.24, 2.45) is 0 Å². The van der Waals surface area contributed by atoms with Crippen LogP contribution in [-0.4, -0.2) is 53.2 Å². The highest BCUT2D eigenvalue weighted by atomic mass is 16.2. The highest BCUT2D eigenvalue weighted by molar-refractivity contribution is 6.01. The van der Waals surface area contributed by atoms with Gasteiger partial charge in [-0.05, 0) is 31.4 Å². The van der Waals surface area contributed by atoms with E-state index in [0.29, 0.717) is 31.6 Å². The highest BCUT2D eigenvalue weighted by Crippen LogP contribution is 2.24. The van der Waals surface area contributed by atoms with E-state index in [9.17, 15) is 14.4 Å². The van der Waals surface area contributed by atoms with Gasteiger partial charge in [0.15, 0.2) is 0 Å². The lowest BCUT2D eigenvalue weighted by Crippen LogP contribution is -2.45. The first-order chi connectivity index (χ1) is 11.6. The molecule has 0 spiro atoms. The Labute approximate surface area is 141 Å². The molecular weight excluding hydrogens is 306 g/mol. The molecule has 2 aliphatic rings. The van der Waals surface area contributed by atoms with Crippen molar-refractivity contribution in [3.63, 3.8) is 0 Å². The molecule has 1 unspecified atom stereocenters. The molecule has 0 aliphatic carbocycles. The largest absolute Gasteiger partial charge is 0.354 e. The minimum Gasteiger partial charge on any atom is -0.354 e. The Balaban J connectivity index is 1.46. The molecule has 1 aromatic rings. The Morgan fingerprint density at radius 2 is 2.08 bits per heavy atom. The van der Waals surface area contributed by atoms with Gasteiger partial charge in [0.25, 0.3) is 5.91 Å². The summed E-state index contributed by atoms with van der Waals surface area (Å²) >= 11 is 0. The van der Waals surface area contributed by atoms with Gasteiger partial charge in [-0.1, -0.05) is 18.2 Å². The van der Waals surface area contributed by atoms with Crippen molar-refractivity contribution in [2.75, 3.05) is 19.6 Å². The normalized spacial score (nSPS) is 18.0. The summed E-state index contributed by atoms with van der Waals surface area (Å²) in [5.74, 6) is -0.0325. The Kier molecular flexibility index (Phi) is 4.83. The van der Waals surface area contributed by atoms with Crippen molar-refractivity contribution in [1.29, 1.82) is 0 Å². The van der Waals surface area contributed by atoms with Crippen LogP contribution in [0.1, 0.15) is 42.1 Å². The number of hydrogen-bond donors (Lipinski definition) is 1. The van der Waals surface area contributed by atoms with Crippen LogP contribution >= 0.6 is 0 Å². The standard InChI is InChI=1S/C18H23N3O3/c1-13(21-12-14-6-2-3-7-15(14)18(21)24)17(23)19-9-5-11-20-10-4-8-16(20)22/h2-3,6-7,13H,4-5,8-12H2,1H3,(H,19,23). The van der Waals surface area contributed by atoms with Crippen molar-refractivity contribution in [3.8, 4) is 0 Å². The topological polar surface area (TPSA) is 69.7 Å². The van der Waals surface area contributed by atoms with Gasteiger partial charge < -0.3 is 15.1 Å². The lowest BCUT2D eigenvalue weighted by Gasteiger charge is -2.23. The molecule has 0 bridgehead atoms. The van der Waals surface area contributed by atoms with Gasteiger partial charge in [-0.25, -0.2) is 0 Å². The first-order valence-electron chi connectivity index (χ1n) is 8.52. The van der Waals surface area contributed by atoms with Crippen molar-refractivity contribution >= 4 is 17.7 Å². The highest BCUT2D eigenvalue weighted by Gasteiger charge is 2.33. The average molecular weight is 329 g/mol. The van der Waals surface area contributed by atoms with E-state index in [4.69, 9.17) is 0 Å². The van der Waals surface area contributed by atoms with E-state index >= 15 is 0 Å². The van der Waals surface area contributed by atoms with E-state index in [0.717, 1.165) is 24.9 Å². The molecule has 0 radical (unpaired) electrons. The van der Waals surface area contributed by atoms with Crippen LogP contribution in [0, 0.1) is 0 Å². The zero-order valence-corrected chi connectivity index (χ0v) is 14.0. The van der Waals surface area contributed by atoms with E-state index in [2.05, 4.69) is 5.32 Å². The zero-order valence-electron chi connectivity index (χ0n) is 14.0. The average Bonchev–Trinajstić information content (AvgIpc) is 3.15. The SMILES string of the molecule is CC(C(=O)NCCCN1CCCC1=O)N1Cc2ccccc2C1=O. The molecule has 1 atom stereocenters. The predicted octanol–water partition coefficient (Wildman–Crippen LogP) is 1.16. The Morgan fingerprint density at radius 1 is 1.29 bits per heavy atom. The Bertz CT molecular complexity index is 659. The van der Waals surface area contributed by atoms with E-state index < -0.39 is 6.04 Å². The number of nitrogens with zero attached hydrogens (tertiary/aromatic N) is 2. The molecule has 0 saturated carbocycles. The molecule has 2 aliphatic heterocycles. The number of hydrogen-bond acceptors (Lipinski definition) is 3. The zero-order chi connectivity index (χ0) is 17.1. The summed E-state index contributed by atoms with van der Waals surface area (Å²) in [7, 11) is 0. The smallest absolute Gasteiger partial charge is 0.255 e. The number of benzene rings is 1. The fourth-order valence-corrected chi connectivity index (χ4v) is 3.30. The van der Waals surface area contributed by atoms with Gasteiger partial charge in [0.1, 0.15) is 6.04 Å². The molecule has 1 saturated heterocycles. The number of carbonyl (C=O) groups excluding carboxylic acids is 3. The van der Waals surface area contributed by atoms with Gasteiger partial charge in [-0.3, -0.25) is 14.4 Å². The number of carbonyl (C=O) groups is 3. The van der Waals surface area contributed by atoms with E-state index in [1.54, 1.807) is 17.9 Å². The number of fused-ring (bicyclic) bond motifs is 1. The summed E-state index contributed by atoms with van der Waals surface area (Å²) in [4.78, 5) is 39.7. The van der Waals surface area contributed by atoms with Crippen LogP contribution < -0.4 is 5.32 Å². The maximum absolute atomic E-state index is 12.4. The maximum Gasteiger partial charge on any atom is 0.255 e. The van der Waals surface area contributed by atoms with Crippen LogP contribution in [0.2, 0.25) is 0 Å². The summed E-state index contributed by atoms with van der Waals surface area (Å²) in [6.45, 7) is 4.25. The number of likely N-dealkylation sites (tertiary alicyclic amines) is 1. The fraction of sp³-hybridized carbons (Fsp3) is 0.500. The third-order valence-corrected chi connectivity index (χ3v) is 4.77. The molecular formula is C18H23N3O3. The van der Waals surface area contributed by atoms with Gasteiger partial charge in [0, 0.05) is 38.2 Å². The van der Waals surface area contributed by atoms with Crippen LogP contribution in [0.25, 0.3) is 0 Å². The number of nitrogens with one attached hydrogen (secondary N) is 1. The Morgan fingerprint density at radius 3 is 2.79 bits per heavy atom. The predicted molar refractivity (Wildman–Crippen MR) is 89.2 cm³/mol. The second kappa shape index (κ2) is 7.03. The molecule has 3 rings (SSSR count). The van der Waals surface area contributed by atoms with Crippen molar-refractivity contribution in [1.82, 2.24) is 15.1 Å². The summed E-state index contributed by atoms with van der Waals surface area (Å²) in [6, 6.07) is 6.96. The maximum atomic E-state index is 12.4. The van der Waals surface area contributed by atoms with Crippen molar-refractivity contribution in [2.45, 2.75) is 38.8 Å². The van der Waals surface area contributed by atoms with Gasteiger partial charge >= 0.3 is 0 Å². The van der Waals surface area contributed by atoms with E-state index in [1.165, 1.54) is 0 Å². The van der Waals surface area contributed by atoms with Crippen LogP contribution in [0.3, 0.4) is 0 Å². The first-order valence-corrected chi connectivity index (χ1v) is 8.52. The monoisotopic (exact) mass is 329 g/mol. The summed E-state index contributed by atoms with van der Waals surface area (Å²) in [5, 5.41) is 2.87. The van der Waals surface area contributed by atoms with Gasteiger partial charge in [-0.15, -0.1) is 0 Å². The molecule has 0 aromatic heterocycles. The lowest BCUT2D eigenvalue weighted by atomic mass is 10.1. The second-order valence-electron chi connectivity index (χ2n) is 6.40. The minimum absolute atomic E-state index is 0.0871. The van der Waals surface area contributed by atoms with Crippen LogP contribution in [0.4, 0.5) is 0 Å². The Hall–Kier alpha value is -2.37. The van der Waals surface area contributed by atoms with E-state index in [1.807, 2.05) is 23.1 Å². The lowest BCUT2D eigenvalue weighted by molar-refractivity contribution is -0.127. The molecule has 24 heavy (non-hydrogen) atoms. The second-order valence-corrected chi connectivity index (χ2v) is 6.40. The van der Waals surface area contributed by atoms with Gasteiger partial charge in [0.05, 0.1) is 0 Å². The molecule has 3 amide bonds. The molecule has 128 valence electrons. The first kappa shape index (κ1) is 16.5. The minimum atomic E-state index is -0.502. The number of amides is 3. The fourth-order valence-electron chi connectivity index (χ4n) is 3.30. The quantitative estimate of drug-likeness (QED) is 0.796. The molecule has 1 N–H and O–H groups in total. The third-order valence-electron chi connectivity index (χ3n) is 4.77. The number of rotatable bonds is 6. The van der Waals surface area contributed by atoms with Crippen molar-refractivity contribution < 1.29 is 14.4 Å². The molecule has 6 heteroatoms. The van der Waals surface area contributed by atoms with Gasteiger partial charge in [-0.2, -0.15) is 0 Å². The van der Waals surface area contributed by atoms with Crippen LogP contribution in [-0.2, 0) is 16.1 Å². The third kappa shape index (κ3) is 3.27. The van der Waals surface area contributed by atoms with Crippen LogP contribution in [0.5, 0.6) is 0 Å². The molecule has 1 fully saturated rings.